The lowest BCUT2D eigenvalue weighted by atomic mass is 10.2. The maximum atomic E-state index is 8.69. The first-order valence-electron chi connectivity index (χ1n) is 4.60. The molecule has 2 rings (SSSR count). The standard InChI is InChI=1S/C9H9N5OS2/c1-5-12-13-9(16-5)17-7-4-11-3-2-6(7)8(10)14-15/h2-4,15H,1H3,(H2,10,14). The van der Waals surface area contributed by atoms with E-state index in [9.17, 15) is 0 Å². The minimum atomic E-state index is 0.0520. The Kier molecular flexibility index (Phi) is 3.55. The molecular weight excluding hydrogens is 258 g/mol. The predicted octanol–water partition coefficient (Wildman–Crippen LogP) is 1.49. The normalized spacial score (nSPS) is 11.7. The zero-order chi connectivity index (χ0) is 12.3. The zero-order valence-corrected chi connectivity index (χ0v) is 10.5. The largest absolute Gasteiger partial charge is 0.409 e. The van der Waals surface area contributed by atoms with Crippen LogP contribution in [0.5, 0.6) is 0 Å². The maximum absolute atomic E-state index is 8.69. The molecule has 17 heavy (non-hydrogen) atoms. The van der Waals surface area contributed by atoms with Crippen LogP contribution in [0, 0.1) is 6.92 Å². The molecule has 0 aliphatic rings. The van der Waals surface area contributed by atoms with Gasteiger partial charge < -0.3 is 10.9 Å². The summed E-state index contributed by atoms with van der Waals surface area (Å²) in [5.41, 5.74) is 6.21. The average molecular weight is 267 g/mol. The third-order valence-electron chi connectivity index (χ3n) is 1.87. The van der Waals surface area contributed by atoms with Gasteiger partial charge in [-0.1, -0.05) is 28.3 Å². The Morgan fingerprint density at radius 1 is 1.53 bits per heavy atom. The average Bonchev–Trinajstić information content (AvgIpc) is 2.74. The summed E-state index contributed by atoms with van der Waals surface area (Å²) in [6.07, 6.45) is 3.23. The Morgan fingerprint density at radius 3 is 3.00 bits per heavy atom. The van der Waals surface area contributed by atoms with Crippen molar-refractivity contribution < 1.29 is 5.21 Å². The highest BCUT2D eigenvalue weighted by atomic mass is 32.2. The molecule has 2 heterocycles. The second-order valence-corrected chi connectivity index (χ2v) is 5.52. The molecule has 2 aromatic heterocycles. The van der Waals surface area contributed by atoms with Crippen molar-refractivity contribution in [3.05, 3.63) is 29.0 Å². The summed E-state index contributed by atoms with van der Waals surface area (Å²) in [6, 6.07) is 1.69. The van der Waals surface area contributed by atoms with E-state index in [4.69, 9.17) is 10.9 Å². The number of aryl methyl sites for hydroxylation is 1. The fourth-order valence-corrected chi connectivity index (χ4v) is 3.02. The highest BCUT2D eigenvalue weighted by Crippen LogP contribution is 2.31. The smallest absolute Gasteiger partial charge is 0.179 e. The van der Waals surface area contributed by atoms with Crippen LogP contribution in [0.25, 0.3) is 0 Å². The van der Waals surface area contributed by atoms with Crippen molar-refractivity contribution in [3.8, 4) is 0 Å². The number of nitrogens with zero attached hydrogens (tertiary/aromatic N) is 4. The molecule has 0 bridgehead atoms. The van der Waals surface area contributed by atoms with Gasteiger partial charge in [0.05, 0.1) is 0 Å². The van der Waals surface area contributed by atoms with Crippen molar-refractivity contribution in [1.82, 2.24) is 15.2 Å². The van der Waals surface area contributed by atoms with Crippen molar-refractivity contribution in [1.29, 1.82) is 0 Å². The number of pyridine rings is 1. The minimum absolute atomic E-state index is 0.0520. The van der Waals surface area contributed by atoms with Gasteiger partial charge in [0.2, 0.25) is 0 Å². The van der Waals surface area contributed by atoms with E-state index in [-0.39, 0.29) is 5.84 Å². The van der Waals surface area contributed by atoms with Gasteiger partial charge in [-0.3, -0.25) is 4.98 Å². The van der Waals surface area contributed by atoms with Crippen LogP contribution in [0.3, 0.4) is 0 Å². The van der Waals surface area contributed by atoms with E-state index in [1.807, 2.05) is 6.92 Å². The van der Waals surface area contributed by atoms with E-state index >= 15 is 0 Å². The molecule has 0 aliphatic heterocycles. The third-order valence-corrected chi connectivity index (χ3v) is 3.81. The van der Waals surface area contributed by atoms with Crippen LogP contribution >= 0.6 is 23.1 Å². The monoisotopic (exact) mass is 267 g/mol. The number of oxime groups is 1. The van der Waals surface area contributed by atoms with Crippen LogP contribution in [0.4, 0.5) is 0 Å². The Morgan fingerprint density at radius 2 is 2.35 bits per heavy atom. The quantitative estimate of drug-likeness (QED) is 0.378. The van der Waals surface area contributed by atoms with Gasteiger partial charge in [-0.2, -0.15) is 0 Å². The van der Waals surface area contributed by atoms with Crippen molar-refractivity contribution >= 4 is 28.9 Å². The highest BCUT2D eigenvalue weighted by Gasteiger charge is 2.10. The second-order valence-electron chi connectivity index (χ2n) is 3.05. The van der Waals surface area contributed by atoms with E-state index in [1.165, 1.54) is 23.1 Å². The van der Waals surface area contributed by atoms with Crippen LogP contribution in [0.2, 0.25) is 0 Å². The van der Waals surface area contributed by atoms with Gasteiger partial charge in [-0.25, -0.2) is 0 Å². The summed E-state index contributed by atoms with van der Waals surface area (Å²) in [7, 11) is 0. The number of hydrogen-bond acceptors (Lipinski definition) is 7. The van der Waals surface area contributed by atoms with Crippen LogP contribution in [0.1, 0.15) is 10.6 Å². The summed E-state index contributed by atoms with van der Waals surface area (Å²) in [5, 5.41) is 20.5. The van der Waals surface area contributed by atoms with Gasteiger partial charge in [0.1, 0.15) is 5.01 Å². The summed E-state index contributed by atoms with van der Waals surface area (Å²) >= 11 is 2.87. The van der Waals surface area contributed by atoms with Crippen LogP contribution in [-0.2, 0) is 0 Å². The maximum Gasteiger partial charge on any atom is 0.179 e. The van der Waals surface area contributed by atoms with Crippen molar-refractivity contribution in [2.45, 2.75) is 16.2 Å². The van der Waals surface area contributed by atoms with Crippen LogP contribution < -0.4 is 5.73 Å². The van der Waals surface area contributed by atoms with Gasteiger partial charge >= 0.3 is 0 Å². The molecule has 88 valence electrons. The SMILES string of the molecule is Cc1nnc(Sc2cnccc2/C(N)=N/O)s1. The van der Waals surface area contributed by atoms with Crippen molar-refractivity contribution in [3.63, 3.8) is 0 Å². The molecule has 2 aromatic rings. The van der Waals surface area contributed by atoms with Gasteiger partial charge in [0.25, 0.3) is 0 Å². The van der Waals surface area contributed by atoms with E-state index in [1.54, 1.807) is 18.5 Å². The Bertz CT molecular complexity index is 554. The summed E-state index contributed by atoms with van der Waals surface area (Å²) in [6.45, 7) is 1.88. The molecule has 0 atom stereocenters. The fraction of sp³-hybridized carbons (Fsp3) is 0.111. The lowest BCUT2D eigenvalue weighted by Gasteiger charge is -2.04. The third kappa shape index (κ3) is 2.71. The van der Waals surface area contributed by atoms with E-state index in [0.717, 1.165) is 14.2 Å². The Balaban J connectivity index is 2.32. The zero-order valence-electron chi connectivity index (χ0n) is 8.86. The molecule has 0 spiro atoms. The number of amidine groups is 1. The number of aromatic nitrogens is 3. The molecule has 3 N–H and O–H groups in total. The number of rotatable bonds is 3. The molecule has 0 fully saturated rings. The molecule has 0 aliphatic carbocycles. The molecule has 0 amide bonds. The lowest BCUT2D eigenvalue weighted by molar-refractivity contribution is 0.318. The van der Waals surface area contributed by atoms with Crippen LogP contribution in [-0.4, -0.2) is 26.2 Å². The molecule has 0 saturated heterocycles. The summed E-state index contributed by atoms with van der Waals surface area (Å²) in [4.78, 5) is 4.79. The Labute approximate surface area is 106 Å². The molecule has 0 aromatic carbocycles. The highest BCUT2D eigenvalue weighted by molar-refractivity contribution is 8.01. The molecule has 0 unspecified atom stereocenters. The molecule has 0 radical (unpaired) electrons. The number of nitrogens with two attached hydrogens (primary N) is 1. The molecular formula is C9H9N5OS2. The number of hydrogen-bond donors (Lipinski definition) is 2. The summed E-state index contributed by atoms with van der Waals surface area (Å²) in [5.74, 6) is 0.0520. The summed E-state index contributed by atoms with van der Waals surface area (Å²) < 4.78 is 0.794. The fourth-order valence-electron chi connectivity index (χ4n) is 1.14. The van der Waals surface area contributed by atoms with Gasteiger partial charge in [-0.15, -0.1) is 10.2 Å². The lowest BCUT2D eigenvalue weighted by Crippen LogP contribution is -2.14. The van der Waals surface area contributed by atoms with Gasteiger partial charge in [-0.05, 0) is 13.0 Å². The van der Waals surface area contributed by atoms with E-state index < -0.39 is 0 Å². The molecule has 6 nitrogen and oxygen atoms in total. The topological polar surface area (TPSA) is 97.3 Å². The van der Waals surface area contributed by atoms with Crippen molar-refractivity contribution in [2.24, 2.45) is 10.9 Å². The minimum Gasteiger partial charge on any atom is -0.409 e. The van der Waals surface area contributed by atoms with Gasteiger partial charge in [0, 0.05) is 22.9 Å². The first-order valence-corrected chi connectivity index (χ1v) is 6.24. The van der Waals surface area contributed by atoms with E-state index in [2.05, 4.69) is 20.3 Å². The van der Waals surface area contributed by atoms with Gasteiger partial charge in [0.15, 0.2) is 10.2 Å². The first-order chi connectivity index (χ1) is 8.20. The Hall–Kier alpha value is -1.67. The van der Waals surface area contributed by atoms with E-state index in [0.29, 0.717) is 5.56 Å². The molecule has 0 saturated carbocycles. The van der Waals surface area contributed by atoms with Crippen molar-refractivity contribution in [2.75, 3.05) is 0 Å². The second kappa shape index (κ2) is 5.11. The predicted molar refractivity (Wildman–Crippen MR) is 65.5 cm³/mol. The molecule has 8 heteroatoms. The van der Waals surface area contributed by atoms with Crippen LogP contribution in [0.15, 0.2) is 32.9 Å². The first kappa shape index (κ1) is 11.8.